The number of aryl methyl sites for hydroxylation is 1. The van der Waals surface area contributed by atoms with Crippen LogP contribution >= 0.6 is 0 Å². The molecule has 8 rings (SSSR count). The zero-order valence-electron chi connectivity index (χ0n) is 22.6. The third kappa shape index (κ3) is 4.25. The molecule has 0 spiro atoms. The largest absolute Gasteiger partial charge is 2.00 e. The van der Waals surface area contributed by atoms with E-state index in [1.807, 2.05) is 42.7 Å². The summed E-state index contributed by atoms with van der Waals surface area (Å²) in [4.78, 5) is 13.9. The molecular formula is C36H23N5Pt. The fourth-order valence-corrected chi connectivity index (χ4v) is 5.69. The molecular weight excluding hydrogens is 698 g/mol. The Bertz CT molecular complexity index is 2220. The zero-order valence-corrected chi connectivity index (χ0v) is 24.9. The van der Waals surface area contributed by atoms with E-state index < -0.39 is 0 Å². The predicted octanol–water partition coefficient (Wildman–Crippen LogP) is 8.06. The standard InChI is InChI=1S/C36H23N5.Pt/c1-40-34-17-15-24(27-9-7-18-37-23-27)21-32(34)39-36(40)26-14-16-30-29-11-2-3-13-33(29)41(35(30)22-26)28-10-6-8-25(20-28)31-12-4-5-19-38-31;/h2-19,21,23H,1H3;/q-2;+2. The van der Waals surface area contributed by atoms with Crippen molar-refractivity contribution in [1.29, 1.82) is 0 Å². The van der Waals surface area contributed by atoms with Gasteiger partial charge in [-0.15, -0.1) is 53.6 Å². The Morgan fingerprint density at radius 3 is 2.43 bits per heavy atom. The van der Waals surface area contributed by atoms with Crippen LogP contribution in [0.5, 0.6) is 0 Å². The molecule has 202 valence electrons. The van der Waals surface area contributed by atoms with Crippen molar-refractivity contribution in [1.82, 2.24) is 24.1 Å². The van der Waals surface area contributed by atoms with Crippen LogP contribution in [0.15, 0.2) is 122 Å². The van der Waals surface area contributed by atoms with Crippen molar-refractivity contribution in [2.75, 3.05) is 0 Å². The van der Waals surface area contributed by atoms with Gasteiger partial charge in [-0.05, 0) is 58.2 Å². The molecule has 0 fully saturated rings. The van der Waals surface area contributed by atoms with Gasteiger partial charge in [0.15, 0.2) is 0 Å². The summed E-state index contributed by atoms with van der Waals surface area (Å²) in [5.74, 6) is 0.869. The summed E-state index contributed by atoms with van der Waals surface area (Å²) in [5, 5.41) is 2.31. The Hall–Kier alpha value is -4.86. The van der Waals surface area contributed by atoms with Crippen LogP contribution in [0.2, 0.25) is 0 Å². The second kappa shape index (κ2) is 10.5. The molecule has 0 radical (unpaired) electrons. The maximum absolute atomic E-state index is 5.07. The maximum Gasteiger partial charge on any atom is 2.00 e. The molecule has 0 saturated heterocycles. The summed E-state index contributed by atoms with van der Waals surface area (Å²) in [6, 6.07) is 42.7. The Morgan fingerprint density at radius 2 is 1.57 bits per heavy atom. The van der Waals surface area contributed by atoms with Gasteiger partial charge < -0.3 is 14.1 Å². The average Bonchev–Trinajstić information content (AvgIpc) is 3.55. The van der Waals surface area contributed by atoms with Crippen molar-refractivity contribution in [3.05, 3.63) is 134 Å². The number of hydrogen-bond acceptors (Lipinski definition) is 3. The SMILES string of the molecule is Cn1c(-c2[c-]c3c(cc2)c2ccccc2n3-c2[c-]c(-c3ccccn3)ccc2)nc2cc(-c3cccnc3)ccc21.[Pt+2]. The third-order valence-corrected chi connectivity index (χ3v) is 7.66. The van der Waals surface area contributed by atoms with Crippen LogP contribution in [0.4, 0.5) is 0 Å². The molecule has 0 bridgehead atoms. The van der Waals surface area contributed by atoms with E-state index in [1.165, 1.54) is 5.39 Å². The van der Waals surface area contributed by atoms with Crippen molar-refractivity contribution in [3.63, 3.8) is 0 Å². The van der Waals surface area contributed by atoms with Crippen LogP contribution in [0.1, 0.15) is 0 Å². The number of para-hydroxylation sites is 1. The Balaban J connectivity index is 0.00000288. The molecule has 0 aliphatic rings. The smallest absolute Gasteiger partial charge is 0.367 e. The van der Waals surface area contributed by atoms with Crippen LogP contribution in [-0.4, -0.2) is 24.1 Å². The first-order chi connectivity index (χ1) is 20.2. The van der Waals surface area contributed by atoms with E-state index >= 15 is 0 Å². The van der Waals surface area contributed by atoms with E-state index in [0.717, 1.165) is 66.9 Å². The number of pyridine rings is 2. The van der Waals surface area contributed by atoms with Gasteiger partial charge in [0.1, 0.15) is 0 Å². The Kier molecular flexibility index (Phi) is 6.53. The van der Waals surface area contributed by atoms with Crippen molar-refractivity contribution in [2.24, 2.45) is 7.05 Å². The first-order valence-electron chi connectivity index (χ1n) is 13.5. The molecule has 0 N–H and O–H groups in total. The summed E-state index contributed by atoms with van der Waals surface area (Å²) >= 11 is 0. The molecule has 0 aliphatic heterocycles. The molecule has 5 nitrogen and oxygen atoms in total. The van der Waals surface area contributed by atoms with Crippen LogP contribution in [0.25, 0.3) is 72.3 Å². The molecule has 0 aliphatic carbocycles. The average molecular weight is 721 g/mol. The van der Waals surface area contributed by atoms with E-state index in [4.69, 9.17) is 4.98 Å². The number of nitrogens with zero attached hydrogens (tertiary/aromatic N) is 5. The molecule has 6 heteroatoms. The molecule has 4 aromatic carbocycles. The number of benzene rings is 4. The first-order valence-corrected chi connectivity index (χ1v) is 13.5. The number of rotatable bonds is 4. The van der Waals surface area contributed by atoms with Crippen LogP contribution < -0.4 is 0 Å². The summed E-state index contributed by atoms with van der Waals surface area (Å²) < 4.78 is 4.38. The van der Waals surface area contributed by atoms with Gasteiger partial charge in [-0.25, -0.2) is 0 Å². The predicted molar refractivity (Wildman–Crippen MR) is 165 cm³/mol. The van der Waals surface area contributed by atoms with Gasteiger partial charge in [0, 0.05) is 36.7 Å². The second-order valence-electron chi connectivity index (χ2n) is 10.1. The van der Waals surface area contributed by atoms with E-state index in [-0.39, 0.29) is 21.1 Å². The molecule has 42 heavy (non-hydrogen) atoms. The fraction of sp³-hybridized carbons (Fsp3) is 0.0278. The zero-order chi connectivity index (χ0) is 27.3. The molecule has 4 heterocycles. The van der Waals surface area contributed by atoms with Crippen LogP contribution in [0.3, 0.4) is 0 Å². The number of fused-ring (bicyclic) bond motifs is 4. The van der Waals surface area contributed by atoms with Crippen molar-refractivity contribution < 1.29 is 21.1 Å². The summed E-state index contributed by atoms with van der Waals surface area (Å²) in [5.41, 5.74) is 9.99. The van der Waals surface area contributed by atoms with Gasteiger partial charge in [-0.3, -0.25) is 9.97 Å². The van der Waals surface area contributed by atoms with Gasteiger partial charge in [0.25, 0.3) is 0 Å². The van der Waals surface area contributed by atoms with E-state index in [2.05, 4.69) is 111 Å². The number of aromatic nitrogens is 5. The Labute approximate surface area is 257 Å². The maximum atomic E-state index is 5.07. The van der Waals surface area contributed by atoms with Gasteiger partial charge in [0.05, 0.1) is 16.9 Å². The topological polar surface area (TPSA) is 48.5 Å². The second-order valence-corrected chi connectivity index (χ2v) is 10.1. The third-order valence-electron chi connectivity index (χ3n) is 7.66. The molecule has 8 aromatic rings. The fourth-order valence-electron chi connectivity index (χ4n) is 5.69. The Morgan fingerprint density at radius 1 is 0.667 bits per heavy atom. The summed E-state index contributed by atoms with van der Waals surface area (Å²) in [6.07, 6.45) is 5.48. The van der Waals surface area contributed by atoms with E-state index in [9.17, 15) is 0 Å². The van der Waals surface area contributed by atoms with Crippen molar-refractivity contribution in [2.45, 2.75) is 0 Å². The van der Waals surface area contributed by atoms with E-state index in [0.29, 0.717) is 0 Å². The molecule has 4 aromatic heterocycles. The van der Waals surface area contributed by atoms with Crippen molar-refractivity contribution >= 4 is 32.8 Å². The minimum Gasteiger partial charge on any atom is -0.367 e. The van der Waals surface area contributed by atoms with Crippen LogP contribution in [0, 0.1) is 12.1 Å². The van der Waals surface area contributed by atoms with Gasteiger partial charge in [0.2, 0.25) is 0 Å². The van der Waals surface area contributed by atoms with Gasteiger partial charge >= 0.3 is 21.1 Å². The molecule has 0 atom stereocenters. The molecule has 0 saturated carbocycles. The van der Waals surface area contributed by atoms with Gasteiger partial charge in [-0.2, -0.15) is 0 Å². The monoisotopic (exact) mass is 720 g/mol. The summed E-state index contributed by atoms with van der Waals surface area (Å²) in [6.45, 7) is 0. The minimum absolute atomic E-state index is 0. The number of imidazole rings is 1. The quantitative estimate of drug-likeness (QED) is 0.173. The summed E-state index contributed by atoms with van der Waals surface area (Å²) in [7, 11) is 2.06. The van der Waals surface area contributed by atoms with Crippen molar-refractivity contribution in [3.8, 4) is 39.5 Å². The normalized spacial score (nSPS) is 11.3. The first kappa shape index (κ1) is 26.1. The van der Waals surface area contributed by atoms with Gasteiger partial charge in [-0.1, -0.05) is 47.9 Å². The van der Waals surface area contributed by atoms with E-state index in [1.54, 1.807) is 6.20 Å². The minimum atomic E-state index is 0. The number of hydrogen-bond donors (Lipinski definition) is 0. The molecule has 0 unspecified atom stereocenters. The van der Waals surface area contributed by atoms with Crippen LogP contribution in [-0.2, 0) is 28.1 Å². The molecule has 0 amide bonds.